The predicted octanol–water partition coefficient (Wildman–Crippen LogP) is 2.13. The number of carbonyl (C=O) groups excluding carboxylic acids is 2. The van der Waals surface area contributed by atoms with Crippen LogP contribution in [0.4, 0.5) is 0 Å². The standard InChI is InChI=1S/C14H25NO3/c1-13(2,3)11(16)18-12(17)14(4,5)10-7-6-8-15-9-10/h10,15H,6-9H2,1-5H3/t10-/m1/s1. The maximum atomic E-state index is 12.2. The number of ether oxygens (including phenoxy) is 1. The zero-order valence-corrected chi connectivity index (χ0v) is 12.1. The molecule has 0 aromatic rings. The summed E-state index contributed by atoms with van der Waals surface area (Å²) >= 11 is 0. The lowest BCUT2D eigenvalue weighted by Gasteiger charge is -2.35. The van der Waals surface area contributed by atoms with Gasteiger partial charge >= 0.3 is 11.9 Å². The monoisotopic (exact) mass is 255 g/mol. The van der Waals surface area contributed by atoms with Crippen molar-refractivity contribution in [2.45, 2.75) is 47.5 Å². The molecule has 0 bridgehead atoms. The Morgan fingerprint density at radius 1 is 1.11 bits per heavy atom. The first-order valence-electron chi connectivity index (χ1n) is 6.63. The molecule has 104 valence electrons. The van der Waals surface area contributed by atoms with Gasteiger partial charge in [-0.05, 0) is 66.5 Å². The average molecular weight is 255 g/mol. The van der Waals surface area contributed by atoms with E-state index in [1.165, 1.54) is 0 Å². The molecule has 4 heteroatoms. The van der Waals surface area contributed by atoms with Crippen LogP contribution < -0.4 is 5.32 Å². The second kappa shape index (κ2) is 5.39. The maximum absolute atomic E-state index is 12.2. The van der Waals surface area contributed by atoms with E-state index in [0.717, 1.165) is 25.9 Å². The highest BCUT2D eigenvalue weighted by atomic mass is 16.6. The van der Waals surface area contributed by atoms with Crippen molar-refractivity contribution >= 4 is 11.9 Å². The van der Waals surface area contributed by atoms with Gasteiger partial charge in [0.25, 0.3) is 0 Å². The maximum Gasteiger partial charge on any atom is 0.319 e. The van der Waals surface area contributed by atoms with E-state index in [1.807, 2.05) is 13.8 Å². The van der Waals surface area contributed by atoms with Crippen LogP contribution in [0.15, 0.2) is 0 Å². The quantitative estimate of drug-likeness (QED) is 0.606. The normalized spacial score (nSPS) is 21.5. The van der Waals surface area contributed by atoms with Crippen LogP contribution in [-0.2, 0) is 14.3 Å². The highest BCUT2D eigenvalue weighted by Crippen LogP contribution is 2.33. The van der Waals surface area contributed by atoms with Gasteiger partial charge in [0.05, 0.1) is 10.8 Å². The van der Waals surface area contributed by atoms with Crippen LogP contribution >= 0.6 is 0 Å². The van der Waals surface area contributed by atoms with Gasteiger partial charge < -0.3 is 10.1 Å². The van der Waals surface area contributed by atoms with Crippen LogP contribution in [-0.4, -0.2) is 25.0 Å². The second-order valence-electron chi connectivity index (χ2n) is 6.69. The SMILES string of the molecule is CC(C)(C)C(=O)OC(=O)C(C)(C)[C@@H]1CCCNC1. The third kappa shape index (κ3) is 3.55. The molecule has 1 saturated heterocycles. The van der Waals surface area contributed by atoms with Crippen LogP contribution in [0.1, 0.15) is 47.5 Å². The van der Waals surface area contributed by atoms with Gasteiger partial charge in [0.1, 0.15) is 0 Å². The van der Waals surface area contributed by atoms with Crippen molar-refractivity contribution < 1.29 is 14.3 Å². The molecule has 0 amide bonds. The number of carbonyl (C=O) groups is 2. The summed E-state index contributed by atoms with van der Waals surface area (Å²) in [6, 6.07) is 0. The number of hydrogen-bond acceptors (Lipinski definition) is 4. The molecule has 0 saturated carbocycles. The Bertz CT molecular complexity index is 322. The van der Waals surface area contributed by atoms with Crippen molar-refractivity contribution in [2.24, 2.45) is 16.7 Å². The van der Waals surface area contributed by atoms with Gasteiger partial charge in [0, 0.05) is 0 Å². The van der Waals surface area contributed by atoms with Gasteiger partial charge in [-0.1, -0.05) is 0 Å². The minimum Gasteiger partial charge on any atom is -0.392 e. The van der Waals surface area contributed by atoms with E-state index < -0.39 is 22.8 Å². The van der Waals surface area contributed by atoms with E-state index in [2.05, 4.69) is 5.32 Å². The Morgan fingerprint density at radius 2 is 1.72 bits per heavy atom. The van der Waals surface area contributed by atoms with Gasteiger partial charge in [-0.15, -0.1) is 0 Å². The molecular weight excluding hydrogens is 230 g/mol. The molecule has 1 N–H and O–H groups in total. The lowest BCUT2D eigenvalue weighted by Crippen LogP contribution is -2.44. The Morgan fingerprint density at radius 3 is 2.17 bits per heavy atom. The molecule has 1 rings (SSSR count). The summed E-state index contributed by atoms with van der Waals surface area (Å²) in [5, 5.41) is 3.29. The fraction of sp³-hybridized carbons (Fsp3) is 0.857. The van der Waals surface area contributed by atoms with E-state index in [9.17, 15) is 9.59 Å². The minimum absolute atomic E-state index is 0.228. The number of esters is 2. The summed E-state index contributed by atoms with van der Waals surface area (Å²) in [6.45, 7) is 10.8. The Kier molecular flexibility index (Phi) is 4.54. The molecule has 0 unspecified atom stereocenters. The minimum atomic E-state index is -0.642. The zero-order valence-electron chi connectivity index (χ0n) is 12.1. The van der Waals surface area contributed by atoms with Gasteiger partial charge in [-0.2, -0.15) is 0 Å². The summed E-state index contributed by atoms with van der Waals surface area (Å²) < 4.78 is 5.03. The van der Waals surface area contributed by atoms with Crippen molar-refractivity contribution in [3.63, 3.8) is 0 Å². The summed E-state index contributed by atoms with van der Waals surface area (Å²) in [5.41, 5.74) is -1.26. The molecular formula is C14H25NO3. The molecule has 0 aromatic heterocycles. The second-order valence-corrected chi connectivity index (χ2v) is 6.69. The van der Waals surface area contributed by atoms with E-state index in [0.29, 0.717) is 0 Å². The van der Waals surface area contributed by atoms with Gasteiger partial charge in [-0.3, -0.25) is 9.59 Å². The molecule has 18 heavy (non-hydrogen) atoms. The Balaban J connectivity index is 2.66. The molecule has 0 aliphatic carbocycles. The smallest absolute Gasteiger partial charge is 0.319 e. The molecule has 1 fully saturated rings. The highest BCUT2D eigenvalue weighted by molar-refractivity contribution is 5.90. The molecule has 0 aromatic carbocycles. The number of rotatable bonds is 2. The lowest BCUT2D eigenvalue weighted by atomic mass is 9.75. The van der Waals surface area contributed by atoms with Crippen LogP contribution in [0.3, 0.4) is 0 Å². The largest absolute Gasteiger partial charge is 0.392 e. The van der Waals surface area contributed by atoms with E-state index in [-0.39, 0.29) is 5.92 Å². The number of nitrogens with one attached hydrogen (secondary N) is 1. The van der Waals surface area contributed by atoms with E-state index in [1.54, 1.807) is 20.8 Å². The van der Waals surface area contributed by atoms with Crippen LogP contribution in [0.25, 0.3) is 0 Å². The third-order valence-corrected chi connectivity index (χ3v) is 3.64. The first-order chi connectivity index (χ1) is 8.15. The van der Waals surface area contributed by atoms with Crippen molar-refractivity contribution in [3.8, 4) is 0 Å². The van der Waals surface area contributed by atoms with Crippen molar-refractivity contribution in [2.75, 3.05) is 13.1 Å². The fourth-order valence-corrected chi connectivity index (χ4v) is 2.00. The fourth-order valence-electron chi connectivity index (χ4n) is 2.00. The summed E-state index contributed by atoms with van der Waals surface area (Å²) in [6.07, 6.45) is 2.06. The molecule has 1 atom stereocenters. The number of piperidine rings is 1. The Hall–Kier alpha value is -0.900. The summed E-state index contributed by atoms with van der Waals surface area (Å²) in [5.74, 6) is -0.632. The molecule has 0 spiro atoms. The lowest BCUT2D eigenvalue weighted by molar-refractivity contribution is -0.173. The predicted molar refractivity (Wildman–Crippen MR) is 69.9 cm³/mol. The first-order valence-corrected chi connectivity index (χ1v) is 6.63. The summed E-state index contributed by atoms with van der Waals surface area (Å²) in [7, 11) is 0. The molecule has 0 radical (unpaired) electrons. The van der Waals surface area contributed by atoms with Crippen molar-refractivity contribution in [1.29, 1.82) is 0 Å². The van der Waals surface area contributed by atoms with Crippen molar-refractivity contribution in [1.82, 2.24) is 5.32 Å². The third-order valence-electron chi connectivity index (χ3n) is 3.64. The zero-order chi connectivity index (χ0) is 14.0. The molecule has 1 aliphatic rings. The van der Waals surface area contributed by atoms with Gasteiger partial charge in [-0.25, -0.2) is 0 Å². The van der Waals surface area contributed by atoms with E-state index >= 15 is 0 Å². The average Bonchev–Trinajstić information content (AvgIpc) is 2.28. The molecule has 4 nitrogen and oxygen atoms in total. The first kappa shape index (κ1) is 15.2. The van der Waals surface area contributed by atoms with Crippen LogP contribution in [0.5, 0.6) is 0 Å². The Labute approximate surface area is 109 Å². The summed E-state index contributed by atoms with van der Waals surface area (Å²) in [4.78, 5) is 23.9. The van der Waals surface area contributed by atoms with E-state index in [4.69, 9.17) is 4.74 Å². The molecule has 1 heterocycles. The van der Waals surface area contributed by atoms with Crippen LogP contribution in [0, 0.1) is 16.7 Å². The highest BCUT2D eigenvalue weighted by Gasteiger charge is 2.41. The topological polar surface area (TPSA) is 55.4 Å². The van der Waals surface area contributed by atoms with Gasteiger partial charge in [0.15, 0.2) is 0 Å². The van der Waals surface area contributed by atoms with Gasteiger partial charge in [0.2, 0.25) is 0 Å². The molecule has 1 aliphatic heterocycles. The van der Waals surface area contributed by atoms with Crippen LogP contribution in [0.2, 0.25) is 0 Å². The van der Waals surface area contributed by atoms with Crippen molar-refractivity contribution in [3.05, 3.63) is 0 Å². The number of hydrogen-bond donors (Lipinski definition) is 1.